The first-order chi connectivity index (χ1) is 15.9. The highest BCUT2D eigenvalue weighted by Gasteiger charge is 2.18. The highest BCUT2D eigenvalue weighted by Crippen LogP contribution is 2.26. The second-order valence-corrected chi connectivity index (χ2v) is 8.88. The van der Waals surface area contributed by atoms with E-state index in [4.69, 9.17) is 0 Å². The molecule has 7 heteroatoms. The summed E-state index contributed by atoms with van der Waals surface area (Å²) in [5.41, 5.74) is 3.99. The standard InChI is InChI=1S/C26H32FN5O/c1-19(17-28-24-13-11-21(27)18-30(24)2)25-22-12-10-20(16-23(22)31(3)29-25)26(33)32-14-8-6-4-5-7-9-15-32/h10-13,16-18H,4-9,14-15H2,1-3H3/b19-17+,28-24-. The third-order valence-corrected chi connectivity index (χ3v) is 6.33. The Morgan fingerprint density at radius 1 is 1.03 bits per heavy atom. The molecule has 1 aliphatic heterocycles. The van der Waals surface area contributed by atoms with E-state index in [1.807, 2.05) is 41.8 Å². The van der Waals surface area contributed by atoms with Crippen LogP contribution in [0.25, 0.3) is 16.5 Å². The number of benzene rings is 1. The zero-order valence-electron chi connectivity index (χ0n) is 19.7. The van der Waals surface area contributed by atoms with Gasteiger partial charge in [0.05, 0.1) is 11.2 Å². The molecule has 0 N–H and O–H groups in total. The summed E-state index contributed by atoms with van der Waals surface area (Å²) < 4.78 is 16.8. The first-order valence-electron chi connectivity index (χ1n) is 11.7. The number of hydrogen-bond acceptors (Lipinski definition) is 3. The summed E-state index contributed by atoms with van der Waals surface area (Å²) in [6.07, 6.45) is 10.2. The number of rotatable bonds is 3. The van der Waals surface area contributed by atoms with Gasteiger partial charge in [-0.25, -0.2) is 9.38 Å². The van der Waals surface area contributed by atoms with E-state index < -0.39 is 0 Å². The van der Waals surface area contributed by atoms with Crippen LogP contribution < -0.4 is 5.49 Å². The number of allylic oxidation sites excluding steroid dienone is 1. The lowest BCUT2D eigenvalue weighted by atomic mass is 10.1. The van der Waals surface area contributed by atoms with Gasteiger partial charge in [0.15, 0.2) is 0 Å². The quantitative estimate of drug-likeness (QED) is 0.576. The van der Waals surface area contributed by atoms with Gasteiger partial charge in [-0.05, 0) is 55.7 Å². The molecule has 1 saturated heterocycles. The van der Waals surface area contributed by atoms with Crippen LogP contribution in [-0.2, 0) is 14.1 Å². The fraction of sp³-hybridized carbons (Fsp3) is 0.423. The second-order valence-electron chi connectivity index (χ2n) is 8.88. The predicted octanol–water partition coefficient (Wildman–Crippen LogP) is 4.81. The molecule has 1 fully saturated rings. The monoisotopic (exact) mass is 449 g/mol. The van der Waals surface area contributed by atoms with Gasteiger partial charge < -0.3 is 9.47 Å². The number of hydrogen-bond donors (Lipinski definition) is 0. The maximum Gasteiger partial charge on any atom is 0.253 e. The molecule has 0 saturated carbocycles. The van der Waals surface area contributed by atoms with Gasteiger partial charge in [-0.1, -0.05) is 25.7 Å². The minimum atomic E-state index is -0.301. The fourth-order valence-electron chi connectivity index (χ4n) is 4.42. The van der Waals surface area contributed by atoms with Gasteiger partial charge in [0, 0.05) is 50.5 Å². The van der Waals surface area contributed by atoms with Crippen LogP contribution in [0.4, 0.5) is 4.39 Å². The molecule has 0 unspecified atom stereocenters. The van der Waals surface area contributed by atoms with E-state index in [0.717, 1.165) is 48.1 Å². The number of pyridine rings is 1. The van der Waals surface area contributed by atoms with Crippen LogP contribution in [0.15, 0.2) is 47.7 Å². The molecule has 3 heterocycles. The second kappa shape index (κ2) is 10.1. The summed E-state index contributed by atoms with van der Waals surface area (Å²) in [6.45, 7) is 3.62. The smallest absolute Gasteiger partial charge is 0.253 e. The Kier molecular flexibility index (Phi) is 7.06. The predicted molar refractivity (Wildman–Crippen MR) is 129 cm³/mol. The van der Waals surface area contributed by atoms with E-state index in [9.17, 15) is 9.18 Å². The molecule has 1 aliphatic rings. The first kappa shape index (κ1) is 23.0. The van der Waals surface area contributed by atoms with Crippen molar-refractivity contribution in [2.45, 2.75) is 45.4 Å². The average molecular weight is 450 g/mol. The van der Waals surface area contributed by atoms with Crippen molar-refractivity contribution in [1.82, 2.24) is 19.2 Å². The summed E-state index contributed by atoms with van der Waals surface area (Å²) in [5.74, 6) is -0.197. The molecule has 0 spiro atoms. The maximum atomic E-state index is 13.3. The van der Waals surface area contributed by atoms with Crippen molar-refractivity contribution in [2.75, 3.05) is 13.1 Å². The number of aromatic nitrogens is 3. The van der Waals surface area contributed by atoms with Crippen molar-refractivity contribution < 1.29 is 9.18 Å². The number of carbonyl (C=O) groups excluding carboxylic acids is 1. The van der Waals surface area contributed by atoms with Gasteiger partial charge in [0.1, 0.15) is 11.3 Å². The van der Waals surface area contributed by atoms with E-state index in [0.29, 0.717) is 11.1 Å². The van der Waals surface area contributed by atoms with Crippen molar-refractivity contribution >= 4 is 22.4 Å². The number of nitrogens with zero attached hydrogens (tertiary/aromatic N) is 5. The molecule has 33 heavy (non-hydrogen) atoms. The van der Waals surface area contributed by atoms with Gasteiger partial charge in [0.25, 0.3) is 5.91 Å². The molecule has 1 amide bonds. The highest BCUT2D eigenvalue weighted by atomic mass is 19.1. The minimum Gasteiger partial charge on any atom is -0.339 e. The SMILES string of the molecule is C/C(=C\N=c1\ccc(F)cn1C)c1nn(C)c2cc(C(=O)N3CCCCCCCC3)ccc12. The molecule has 2 aromatic heterocycles. The van der Waals surface area contributed by atoms with Gasteiger partial charge >= 0.3 is 0 Å². The van der Waals surface area contributed by atoms with Crippen LogP contribution in [0.1, 0.15) is 61.5 Å². The Balaban J connectivity index is 1.62. The fourth-order valence-corrected chi connectivity index (χ4v) is 4.42. The maximum absolute atomic E-state index is 13.3. The van der Waals surface area contributed by atoms with Crippen LogP contribution in [0, 0.1) is 5.82 Å². The molecular weight excluding hydrogens is 417 g/mol. The molecule has 6 nitrogen and oxygen atoms in total. The van der Waals surface area contributed by atoms with Gasteiger partial charge in [-0.2, -0.15) is 5.10 Å². The normalized spacial score (nSPS) is 16.5. The largest absolute Gasteiger partial charge is 0.339 e. The third-order valence-electron chi connectivity index (χ3n) is 6.33. The third kappa shape index (κ3) is 5.24. The van der Waals surface area contributed by atoms with Gasteiger partial charge in [0.2, 0.25) is 0 Å². The topological polar surface area (TPSA) is 55.4 Å². The van der Waals surface area contributed by atoms with Crippen LogP contribution in [-0.4, -0.2) is 38.2 Å². The van der Waals surface area contributed by atoms with Crippen LogP contribution >= 0.6 is 0 Å². The first-order valence-corrected chi connectivity index (χ1v) is 11.7. The highest BCUT2D eigenvalue weighted by molar-refractivity contribution is 6.00. The minimum absolute atomic E-state index is 0.104. The lowest BCUT2D eigenvalue weighted by molar-refractivity contribution is 0.0752. The summed E-state index contributed by atoms with van der Waals surface area (Å²) in [6, 6.07) is 8.87. The van der Waals surface area contributed by atoms with Crippen molar-refractivity contribution in [3.63, 3.8) is 0 Å². The van der Waals surface area contributed by atoms with E-state index in [2.05, 4.69) is 10.1 Å². The number of carbonyl (C=O) groups is 1. The lowest BCUT2D eigenvalue weighted by Gasteiger charge is -2.22. The lowest BCUT2D eigenvalue weighted by Crippen LogP contribution is -2.32. The van der Waals surface area contributed by atoms with Crippen LogP contribution in [0.5, 0.6) is 0 Å². The summed E-state index contributed by atoms with van der Waals surface area (Å²) >= 11 is 0. The Morgan fingerprint density at radius 2 is 1.73 bits per heavy atom. The van der Waals surface area contributed by atoms with Crippen molar-refractivity contribution in [2.24, 2.45) is 19.1 Å². The molecule has 4 rings (SSSR count). The zero-order chi connectivity index (χ0) is 23.4. The number of fused-ring (bicyclic) bond motifs is 1. The average Bonchev–Trinajstić information content (AvgIpc) is 3.20. The summed E-state index contributed by atoms with van der Waals surface area (Å²) in [5, 5.41) is 5.67. The van der Waals surface area contributed by atoms with E-state index in [-0.39, 0.29) is 11.7 Å². The van der Waals surface area contributed by atoms with E-state index in [1.54, 1.807) is 23.9 Å². The Morgan fingerprint density at radius 3 is 2.42 bits per heavy atom. The van der Waals surface area contributed by atoms with Gasteiger partial charge in [-0.15, -0.1) is 0 Å². The van der Waals surface area contributed by atoms with E-state index >= 15 is 0 Å². The molecule has 0 bridgehead atoms. The molecule has 174 valence electrons. The Bertz CT molecular complexity index is 1240. The van der Waals surface area contributed by atoms with Crippen LogP contribution in [0.2, 0.25) is 0 Å². The Hall–Kier alpha value is -3.22. The summed E-state index contributed by atoms with van der Waals surface area (Å²) in [7, 11) is 3.65. The molecule has 3 aromatic rings. The van der Waals surface area contributed by atoms with Crippen molar-refractivity contribution in [1.29, 1.82) is 0 Å². The molecule has 1 aromatic carbocycles. The van der Waals surface area contributed by atoms with Gasteiger partial charge in [-0.3, -0.25) is 9.48 Å². The molecule has 0 aliphatic carbocycles. The van der Waals surface area contributed by atoms with Crippen molar-refractivity contribution in [3.8, 4) is 0 Å². The van der Waals surface area contributed by atoms with Crippen molar-refractivity contribution in [3.05, 3.63) is 65.3 Å². The zero-order valence-corrected chi connectivity index (χ0v) is 19.7. The van der Waals surface area contributed by atoms with Crippen LogP contribution in [0.3, 0.4) is 0 Å². The number of halogens is 1. The van der Waals surface area contributed by atoms with E-state index in [1.165, 1.54) is 37.9 Å². The summed E-state index contributed by atoms with van der Waals surface area (Å²) in [4.78, 5) is 19.7. The number of amides is 1. The molecular formula is C26H32FN5O. The molecule has 0 atom stereocenters. The Labute approximate surface area is 194 Å². The molecule has 0 radical (unpaired) electrons. The number of aryl methyl sites for hydroxylation is 2.